The molecule has 1 aliphatic rings. The Labute approximate surface area is 236 Å². The number of thioether (sulfide) groups is 1. The number of nitrogens with zero attached hydrogens (tertiary/aromatic N) is 4. The summed E-state index contributed by atoms with van der Waals surface area (Å²) in [4.78, 5) is 26.7. The van der Waals surface area contributed by atoms with Crippen molar-refractivity contribution in [2.24, 2.45) is 0 Å². The first-order valence-corrected chi connectivity index (χ1v) is 15.3. The van der Waals surface area contributed by atoms with Crippen LogP contribution in [0.3, 0.4) is 0 Å². The second-order valence-corrected chi connectivity index (χ2v) is 11.6. The Morgan fingerprint density at radius 2 is 1.92 bits per heavy atom. The monoisotopic (exact) mass is 636 g/mol. The minimum absolute atomic E-state index is 0.0132. The number of benzene rings is 2. The van der Waals surface area contributed by atoms with E-state index < -0.39 is 0 Å². The van der Waals surface area contributed by atoms with Crippen LogP contribution in [0.4, 0.5) is 21.6 Å². The van der Waals surface area contributed by atoms with Crippen LogP contribution in [-0.2, 0) is 14.8 Å². The third-order valence-corrected chi connectivity index (χ3v) is 8.42. The third kappa shape index (κ3) is 6.52. The summed E-state index contributed by atoms with van der Waals surface area (Å²) < 4.78 is 14.6. The van der Waals surface area contributed by atoms with Gasteiger partial charge in [0.15, 0.2) is 0 Å². The maximum atomic E-state index is 14.0. The molecule has 0 radical (unpaired) electrons. The molecule has 0 bridgehead atoms. The highest BCUT2D eigenvalue weighted by Gasteiger charge is 2.33. The molecule has 1 amide bonds. The fourth-order valence-electron chi connectivity index (χ4n) is 4.65. The van der Waals surface area contributed by atoms with Crippen molar-refractivity contribution in [3.05, 3.63) is 53.6 Å². The molecule has 0 aliphatic carbocycles. The van der Waals surface area contributed by atoms with Gasteiger partial charge in [-0.3, -0.25) is 9.69 Å². The Morgan fingerprint density at radius 3 is 2.62 bits per heavy atom. The highest BCUT2D eigenvalue weighted by Crippen LogP contribution is 2.38. The first kappa shape index (κ1) is 28.0. The summed E-state index contributed by atoms with van der Waals surface area (Å²) in [7, 11) is 2.15. The number of rotatable bonds is 9. The van der Waals surface area contributed by atoms with Gasteiger partial charge in [0.05, 0.1) is 5.52 Å². The molecular weight excluding hydrogens is 602 g/mol. The van der Waals surface area contributed by atoms with Crippen molar-refractivity contribution in [3.8, 4) is 0 Å². The van der Waals surface area contributed by atoms with Gasteiger partial charge < -0.3 is 15.5 Å². The van der Waals surface area contributed by atoms with Crippen LogP contribution in [-0.4, -0.2) is 70.9 Å². The number of halogens is 2. The van der Waals surface area contributed by atoms with Gasteiger partial charge in [0, 0.05) is 65.1 Å². The van der Waals surface area contributed by atoms with Gasteiger partial charge in [-0.05, 0) is 68.6 Å². The molecule has 10 heteroatoms. The number of anilines is 3. The molecule has 3 aromatic rings. The van der Waals surface area contributed by atoms with Crippen LogP contribution in [0.5, 0.6) is 0 Å². The molecule has 1 aromatic heterocycles. The van der Waals surface area contributed by atoms with Crippen LogP contribution in [0.2, 0.25) is 0 Å². The van der Waals surface area contributed by atoms with E-state index in [1.54, 1.807) is 23.9 Å². The number of carbonyl (C=O) groups is 1. The molecule has 4 rings (SSSR count). The molecule has 2 aromatic carbocycles. The average molecular weight is 637 g/mol. The number of aromatic nitrogens is 2. The van der Waals surface area contributed by atoms with E-state index in [-0.39, 0.29) is 17.3 Å². The lowest BCUT2D eigenvalue weighted by Crippen LogP contribution is -2.52. The van der Waals surface area contributed by atoms with E-state index in [9.17, 15) is 9.18 Å². The van der Waals surface area contributed by atoms with Gasteiger partial charge in [0.1, 0.15) is 18.0 Å². The maximum absolute atomic E-state index is 14.0. The average Bonchev–Trinajstić information content (AvgIpc) is 2.88. The van der Waals surface area contributed by atoms with Crippen molar-refractivity contribution >= 4 is 68.4 Å². The van der Waals surface area contributed by atoms with Gasteiger partial charge in [-0.15, -0.1) is 0 Å². The molecule has 1 aliphatic heterocycles. The van der Waals surface area contributed by atoms with Crippen LogP contribution >= 0.6 is 34.4 Å². The SMILES string of the molecule is CSCCC(=O)Nc1cc2c(Nc3ccc(F)c(CI)c3)ncnc2cc1C(C)(C)N1CCN(C)CC1. The molecule has 2 N–H and O–H groups in total. The van der Waals surface area contributed by atoms with Crippen molar-refractivity contribution in [3.63, 3.8) is 0 Å². The van der Waals surface area contributed by atoms with Crippen molar-refractivity contribution in [2.45, 2.75) is 30.2 Å². The van der Waals surface area contributed by atoms with E-state index >= 15 is 0 Å². The molecule has 7 nitrogen and oxygen atoms in total. The molecule has 2 heterocycles. The first-order valence-electron chi connectivity index (χ1n) is 12.4. The van der Waals surface area contributed by atoms with Gasteiger partial charge in [-0.2, -0.15) is 11.8 Å². The van der Waals surface area contributed by atoms with Gasteiger partial charge >= 0.3 is 0 Å². The largest absolute Gasteiger partial charge is 0.340 e. The number of hydrogen-bond donors (Lipinski definition) is 2. The van der Waals surface area contributed by atoms with Crippen LogP contribution in [0, 0.1) is 5.82 Å². The lowest BCUT2D eigenvalue weighted by atomic mass is 9.88. The van der Waals surface area contributed by atoms with E-state index in [1.807, 2.05) is 12.3 Å². The molecule has 1 saturated heterocycles. The number of hydrogen-bond acceptors (Lipinski definition) is 7. The molecule has 0 spiro atoms. The Kier molecular flexibility index (Phi) is 9.25. The number of piperazine rings is 1. The number of amides is 1. The zero-order chi connectivity index (χ0) is 26.6. The molecule has 1 fully saturated rings. The van der Waals surface area contributed by atoms with Crippen LogP contribution in [0.15, 0.2) is 36.7 Å². The topological polar surface area (TPSA) is 73.4 Å². The molecule has 0 saturated carbocycles. The van der Waals surface area contributed by atoms with Gasteiger partial charge in [0.2, 0.25) is 5.91 Å². The summed E-state index contributed by atoms with van der Waals surface area (Å²) >= 11 is 3.81. The lowest BCUT2D eigenvalue weighted by Gasteiger charge is -2.44. The molecule has 0 unspecified atom stereocenters. The van der Waals surface area contributed by atoms with Crippen molar-refractivity contribution in [2.75, 3.05) is 55.9 Å². The van der Waals surface area contributed by atoms with E-state index in [0.29, 0.717) is 22.2 Å². The molecular formula is C27H34FIN6OS. The summed E-state index contributed by atoms with van der Waals surface area (Å²) in [6, 6.07) is 9.02. The van der Waals surface area contributed by atoms with Crippen LogP contribution in [0.25, 0.3) is 10.9 Å². The summed E-state index contributed by atoms with van der Waals surface area (Å²) in [6.45, 7) is 8.31. The second kappa shape index (κ2) is 12.2. The molecule has 0 atom stereocenters. The third-order valence-electron chi connectivity index (χ3n) is 6.99. The van der Waals surface area contributed by atoms with Crippen LogP contribution < -0.4 is 10.6 Å². The summed E-state index contributed by atoms with van der Waals surface area (Å²) in [5.41, 5.74) is 3.64. The van der Waals surface area contributed by atoms with E-state index in [0.717, 1.165) is 59.8 Å². The number of nitrogens with one attached hydrogen (secondary N) is 2. The Morgan fingerprint density at radius 1 is 1.16 bits per heavy atom. The predicted molar refractivity (Wildman–Crippen MR) is 161 cm³/mol. The predicted octanol–water partition coefficient (Wildman–Crippen LogP) is 5.62. The normalized spacial score (nSPS) is 15.2. The Balaban J connectivity index is 1.77. The van der Waals surface area contributed by atoms with Crippen molar-refractivity contribution in [1.82, 2.24) is 19.8 Å². The highest BCUT2D eigenvalue weighted by atomic mass is 127. The van der Waals surface area contributed by atoms with E-state index in [4.69, 9.17) is 0 Å². The number of alkyl halides is 1. The number of carbonyl (C=O) groups excluding carboxylic acids is 1. The molecule has 198 valence electrons. The first-order chi connectivity index (χ1) is 17.7. The standard InChI is InChI=1S/C27H34FIN6OS/c1-27(2,35-10-8-34(3)9-11-35)21-15-23-20(14-24(21)33-25(36)7-12-37-4)26(31-17-30-23)32-19-5-6-22(28)18(13-19)16-29/h5-6,13-15,17H,7-12,16H2,1-4H3,(H,33,36)(H,30,31,32). The summed E-state index contributed by atoms with van der Waals surface area (Å²) in [5.74, 6) is 1.13. The Hall–Kier alpha value is -2.02. The fraction of sp³-hybridized carbons (Fsp3) is 0.444. The van der Waals surface area contributed by atoms with Crippen LogP contribution in [0.1, 0.15) is 31.4 Å². The second-order valence-electron chi connectivity index (χ2n) is 9.84. The van der Waals surface area contributed by atoms with E-state index in [1.165, 1.54) is 12.4 Å². The summed E-state index contributed by atoms with van der Waals surface area (Å²) in [6.07, 6.45) is 3.98. The van der Waals surface area contributed by atoms with Gasteiger partial charge in [-0.25, -0.2) is 14.4 Å². The molecule has 37 heavy (non-hydrogen) atoms. The zero-order valence-electron chi connectivity index (χ0n) is 21.8. The quantitative estimate of drug-likeness (QED) is 0.233. The van der Waals surface area contributed by atoms with Gasteiger partial charge in [-0.1, -0.05) is 22.6 Å². The minimum atomic E-state index is -0.317. The summed E-state index contributed by atoms with van der Waals surface area (Å²) in [5, 5.41) is 7.31. The van der Waals surface area contributed by atoms with Gasteiger partial charge in [0.25, 0.3) is 0 Å². The number of fused-ring (bicyclic) bond motifs is 1. The smallest absolute Gasteiger partial charge is 0.225 e. The fourth-order valence-corrected chi connectivity index (χ4v) is 5.62. The highest BCUT2D eigenvalue weighted by molar-refractivity contribution is 14.1. The Bertz CT molecular complexity index is 1270. The minimum Gasteiger partial charge on any atom is -0.340 e. The lowest BCUT2D eigenvalue weighted by molar-refractivity contribution is -0.115. The van der Waals surface area contributed by atoms with E-state index in [2.05, 4.69) is 80.0 Å². The maximum Gasteiger partial charge on any atom is 0.225 e. The van der Waals surface area contributed by atoms with Crippen molar-refractivity contribution < 1.29 is 9.18 Å². The van der Waals surface area contributed by atoms with Crippen molar-refractivity contribution in [1.29, 1.82) is 0 Å². The zero-order valence-corrected chi connectivity index (χ0v) is 24.7. The number of likely N-dealkylation sites (N-methyl/N-ethyl adjacent to an activating group) is 1.